The van der Waals surface area contributed by atoms with Gasteiger partial charge in [0, 0.05) is 30.6 Å². The molecule has 1 aliphatic heterocycles. The Hall–Kier alpha value is -2.19. The number of rotatable bonds is 4. The second-order valence-electron chi connectivity index (χ2n) is 5.48. The molecule has 1 atom stereocenters. The molecule has 1 aliphatic rings. The first-order valence-corrected chi connectivity index (χ1v) is 8.05. The maximum Gasteiger partial charge on any atom is 0.326 e. The van der Waals surface area contributed by atoms with E-state index in [0.29, 0.717) is 5.76 Å². The van der Waals surface area contributed by atoms with E-state index in [1.165, 1.54) is 18.1 Å². The minimum atomic E-state index is -1.05. The Labute approximate surface area is 146 Å². The second kappa shape index (κ2) is 6.74. The SMILES string of the molecule is COCc1cc(C(=O)N2Cc3cccc(Br)c3CC2C(=O)O)no1. The third-order valence-electron chi connectivity index (χ3n) is 3.94. The number of hydrogen-bond donors (Lipinski definition) is 1. The highest BCUT2D eigenvalue weighted by Crippen LogP contribution is 2.30. The van der Waals surface area contributed by atoms with Crippen LogP contribution < -0.4 is 0 Å². The van der Waals surface area contributed by atoms with Crippen LogP contribution in [0, 0.1) is 0 Å². The number of halogens is 1. The number of carboxylic acids is 1. The molecule has 0 aliphatic carbocycles. The first kappa shape index (κ1) is 16.7. The van der Waals surface area contributed by atoms with Crippen molar-refractivity contribution in [1.82, 2.24) is 10.1 Å². The molecular formula is C16H15BrN2O5. The number of aliphatic carboxylic acids is 1. The molecule has 1 aromatic heterocycles. The van der Waals surface area contributed by atoms with E-state index in [2.05, 4.69) is 21.1 Å². The minimum Gasteiger partial charge on any atom is -0.480 e. The van der Waals surface area contributed by atoms with Gasteiger partial charge in [-0.2, -0.15) is 0 Å². The molecule has 7 nitrogen and oxygen atoms in total. The van der Waals surface area contributed by atoms with Crippen molar-refractivity contribution in [1.29, 1.82) is 0 Å². The maximum atomic E-state index is 12.7. The van der Waals surface area contributed by atoms with Crippen molar-refractivity contribution in [3.05, 3.63) is 51.3 Å². The molecule has 1 unspecified atom stereocenters. The van der Waals surface area contributed by atoms with Crippen LogP contribution in [0.15, 0.2) is 33.3 Å². The van der Waals surface area contributed by atoms with Crippen LogP contribution >= 0.6 is 15.9 Å². The molecule has 0 saturated heterocycles. The lowest BCUT2D eigenvalue weighted by Gasteiger charge is -2.34. The molecule has 1 aromatic carbocycles. The molecule has 0 radical (unpaired) electrons. The lowest BCUT2D eigenvalue weighted by atomic mass is 9.93. The number of aromatic nitrogens is 1. The fraction of sp³-hybridized carbons (Fsp3) is 0.312. The normalized spacial score (nSPS) is 16.8. The average Bonchev–Trinajstić information content (AvgIpc) is 3.02. The Kier molecular flexibility index (Phi) is 4.68. The number of hydrogen-bond acceptors (Lipinski definition) is 5. The van der Waals surface area contributed by atoms with E-state index in [-0.39, 0.29) is 25.3 Å². The fourth-order valence-electron chi connectivity index (χ4n) is 2.78. The van der Waals surface area contributed by atoms with Gasteiger partial charge in [-0.25, -0.2) is 4.79 Å². The highest BCUT2D eigenvalue weighted by Gasteiger charge is 2.36. The van der Waals surface area contributed by atoms with E-state index < -0.39 is 17.9 Å². The van der Waals surface area contributed by atoms with Crippen LogP contribution in [0.5, 0.6) is 0 Å². The standard InChI is InChI=1S/C16H15BrN2O5/c1-23-8-10-5-13(18-24-10)15(20)19-7-9-3-2-4-12(17)11(9)6-14(19)16(21)22/h2-5,14H,6-8H2,1H3,(H,21,22). The number of benzene rings is 1. The van der Waals surface area contributed by atoms with Crippen LogP contribution in [0.2, 0.25) is 0 Å². The average molecular weight is 395 g/mol. The van der Waals surface area contributed by atoms with Gasteiger partial charge in [0.1, 0.15) is 12.6 Å². The zero-order valence-electron chi connectivity index (χ0n) is 12.9. The van der Waals surface area contributed by atoms with Crippen LogP contribution in [0.25, 0.3) is 0 Å². The molecular weight excluding hydrogens is 380 g/mol. The summed E-state index contributed by atoms with van der Waals surface area (Å²) in [5, 5.41) is 13.3. The van der Waals surface area contributed by atoms with E-state index in [1.807, 2.05) is 18.2 Å². The monoisotopic (exact) mass is 394 g/mol. The van der Waals surface area contributed by atoms with Crippen molar-refractivity contribution in [3.8, 4) is 0 Å². The van der Waals surface area contributed by atoms with Gasteiger partial charge in [0.2, 0.25) is 0 Å². The summed E-state index contributed by atoms with van der Waals surface area (Å²) in [6.07, 6.45) is 0.237. The number of carbonyl (C=O) groups excluding carboxylic acids is 1. The van der Waals surface area contributed by atoms with Gasteiger partial charge >= 0.3 is 5.97 Å². The topological polar surface area (TPSA) is 92.9 Å². The molecule has 3 rings (SSSR count). The summed E-state index contributed by atoms with van der Waals surface area (Å²) in [5.41, 5.74) is 1.90. The van der Waals surface area contributed by atoms with Crippen molar-refractivity contribution in [2.45, 2.75) is 25.6 Å². The Morgan fingerprint density at radius 3 is 3.00 bits per heavy atom. The second-order valence-corrected chi connectivity index (χ2v) is 6.33. The van der Waals surface area contributed by atoms with E-state index in [4.69, 9.17) is 9.26 Å². The molecule has 1 N–H and O–H groups in total. The van der Waals surface area contributed by atoms with Crippen LogP contribution in [0.4, 0.5) is 0 Å². The van der Waals surface area contributed by atoms with Crippen LogP contribution in [0.1, 0.15) is 27.4 Å². The van der Waals surface area contributed by atoms with Gasteiger partial charge in [-0.1, -0.05) is 33.2 Å². The van der Waals surface area contributed by atoms with Gasteiger partial charge in [0.15, 0.2) is 11.5 Å². The number of fused-ring (bicyclic) bond motifs is 1. The largest absolute Gasteiger partial charge is 0.480 e. The number of amides is 1. The third kappa shape index (κ3) is 3.07. The van der Waals surface area contributed by atoms with Gasteiger partial charge < -0.3 is 19.3 Å². The van der Waals surface area contributed by atoms with Crippen molar-refractivity contribution in [3.63, 3.8) is 0 Å². The Balaban J connectivity index is 1.92. The van der Waals surface area contributed by atoms with Gasteiger partial charge in [-0.05, 0) is 17.2 Å². The highest BCUT2D eigenvalue weighted by molar-refractivity contribution is 9.10. The van der Waals surface area contributed by atoms with E-state index >= 15 is 0 Å². The van der Waals surface area contributed by atoms with Crippen molar-refractivity contribution in [2.75, 3.05) is 7.11 Å². The summed E-state index contributed by atoms with van der Waals surface area (Å²) < 4.78 is 10.8. The zero-order valence-corrected chi connectivity index (χ0v) is 14.4. The molecule has 24 heavy (non-hydrogen) atoms. The summed E-state index contributed by atoms with van der Waals surface area (Å²) in [6.45, 7) is 0.398. The molecule has 1 amide bonds. The van der Waals surface area contributed by atoms with Gasteiger partial charge in [-0.3, -0.25) is 4.79 Å². The summed E-state index contributed by atoms with van der Waals surface area (Å²) in [5.74, 6) is -1.11. The summed E-state index contributed by atoms with van der Waals surface area (Å²) in [6, 6.07) is 6.13. The predicted octanol–water partition coefficient (Wildman–Crippen LogP) is 2.24. The number of nitrogens with zero attached hydrogens (tertiary/aromatic N) is 2. The van der Waals surface area contributed by atoms with E-state index in [1.54, 1.807) is 0 Å². The van der Waals surface area contributed by atoms with Crippen molar-refractivity contribution >= 4 is 27.8 Å². The number of ether oxygens (including phenoxy) is 1. The quantitative estimate of drug-likeness (QED) is 0.854. The molecule has 126 valence electrons. The molecule has 2 aromatic rings. The Morgan fingerprint density at radius 1 is 1.50 bits per heavy atom. The highest BCUT2D eigenvalue weighted by atomic mass is 79.9. The lowest BCUT2D eigenvalue weighted by Crippen LogP contribution is -2.48. The predicted molar refractivity (Wildman–Crippen MR) is 86.4 cm³/mol. The van der Waals surface area contributed by atoms with Crippen molar-refractivity contribution < 1.29 is 24.0 Å². The molecule has 0 fully saturated rings. The smallest absolute Gasteiger partial charge is 0.326 e. The van der Waals surface area contributed by atoms with Crippen LogP contribution in [-0.4, -0.2) is 40.2 Å². The number of carboxylic acid groups (broad SMARTS) is 1. The summed E-state index contributed by atoms with van der Waals surface area (Å²) in [7, 11) is 1.50. The summed E-state index contributed by atoms with van der Waals surface area (Å²) in [4.78, 5) is 25.7. The Morgan fingerprint density at radius 2 is 2.29 bits per heavy atom. The van der Waals surface area contributed by atoms with Crippen LogP contribution in [0.3, 0.4) is 0 Å². The third-order valence-corrected chi connectivity index (χ3v) is 4.68. The number of methoxy groups -OCH3 is 1. The van der Waals surface area contributed by atoms with Gasteiger partial charge in [0.25, 0.3) is 5.91 Å². The van der Waals surface area contributed by atoms with Crippen molar-refractivity contribution in [2.24, 2.45) is 0 Å². The van der Waals surface area contributed by atoms with Crippen LogP contribution in [-0.2, 0) is 29.1 Å². The molecule has 0 bridgehead atoms. The summed E-state index contributed by atoms with van der Waals surface area (Å²) >= 11 is 3.44. The maximum absolute atomic E-state index is 12.7. The fourth-order valence-corrected chi connectivity index (χ4v) is 3.35. The van der Waals surface area contributed by atoms with E-state index in [0.717, 1.165) is 15.6 Å². The Bertz CT molecular complexity index is 789. The molecule has 8 heteroatoms. The van der Waals surface area contributed by atoms with Gasteiger partial charge in [-0.15, -0.1) is 0 Å². The first-order valence-electron chi connectivity index (χ1n) is 7.26. The number of carbonyl (C=O) groups is 2. The van der Waals surface area contributed by atoms with Gasteiger partial charge in [0.05, 0.1) is 0 Å². The molecule has 2 heterocycles. The lowest BCUT2D eigenvalue weighted by molar-refractivity contribution is -0.142. The first-order chi connectivity index (χ1) is 11.5. The minimum absolute atomic E-state index is 0.0757. The molecule has 0 spiro atoms. The van der Waals surface area contributed by atoms with E-state index in [9.17, 15) is 14.7 Å². The zero-order chi connectivity index (χ0) is 17.3. The molecule has 0 saturated carbocycles.